The summed E-state index contributed by atoms with van der Waals surface area (Å²) in [5.41, 5.74) is 0.771. The van der Waals surface area contributed by atoms with Gasteiger partial charge in [-0.05, 0) is 31.5 Å². The van der Waals surface area contributed by atoms with Crippen molar-refractivity contribution in [3.63, 3.8) is 0 Å². The van der Waals surface area contributed by atoms with Gasteiger partial charge in [0.25, 0.3) is 0 Å². The zero-order valence-corrected chi connectivity index (χ0v) is 19.9. The topological polar surface area (TPSA) is 177 Å². The molecule has 12 heteroatoms. The second kappa shape index (κ2) is 11.8. The minimum absolute atomic E-state index is 0.104. The van der Waals surface area contributed by atoms with Crippen LogP contribution >= 0.6 is 0 Å². The van der Waals surface area contributed by atoms with Crippen LogP contribution in [0.5, 0.6) is 17.2 Å². The lowest BCUT2D eigenvalue weighted by atomic mass is 9.98. The van der Waals surface area contributed by atoms with Crippen molar-refractivity contribution in [2.45, 2.75) is 75.3 Å². The minimum Gasteiger partial charge on any atom is -0.493 e. The van der Waals surface area contributed by atoms with Crippen molar-refractivity contribution < 1.29 is 59.1 Å². The van der Waals surface area contributed by atoms with Gasteiger partial charge in [0.1, 0.15) is 42.7 Å². The number of hydrogen-bond donors (Lipinski definition) is 6. The van der Waals surface area contributed by atoms with E-state index in [1.165, 1.54) is 21.1 Å². The molecule has 3 rings (SSSR count). The lowest BCUT2D eigenvalue weighted by molar-refractivity contribution is -0.318. The average molecular weight is 503 g/mol. The summed E-state index contributed by atoms with van der Waals surface area (Å²) in [4.78, 5) is 0. The number of methoxy groups -OCH3 is 2. The normalized spacial score (nSPS) is 37.9. The van der Waals surface area contributed by atoms with Gasteiger partial charge < -0.3 is 59.1 Å². The Kier molecular flexibility index (Phi) is 9.32. The number of aliphatic hydroxyl groups is 6. The number of ether oxygens (including phenoxy) is 6. The summed E-state index contributed by atoms with van der Waals surface area (Å²) in [6.45, 7) is 2.94. The maximum atomic E-state index is 10.5. The molecule has 2 aliphatic rings. The van der Waals surface area contributed by atoms with Gasteiger partial charge in [-0.15, -0.1) is 0 Å². The molecule has 2 aliphatic heterocycles. The second-order valence-electron chi connectivity index (χ2n) is 8.40. The fourth-order valence-corrected chi connectivity index (χ4v) is 3.91. The molecule has 2 saturated heterocycles. The number of benzene rings is 1. The zero-order valence-electron chi connectivity index (χ0n) is 19.9. The van der Waals surface area contributed by atoms with Crippen LogP contribution in [0.1, 0.15) is 19.4 Å². The molecule has 1 aromatic rings. The smallest absolute Gasteiger partial charge is 0.229 e. The summed E-state index contributed by atoms with van der Waals surface area (Å²) in [5, 5.41) is 61.2. The number of hydrogen-bond acceptors (Lipinski definition) is 12. The lowest BCUT2D eigenvalue weighted by Gasteiger charge is -2.42. The molecule has 0 aliphatic carbocycles. The molecule has 12 nitrogen and oxygen atoms in total. The third-order valence-electron chi connectivity index (χ3n) is 5.98. The van der Waals surface area contributed by atoms with Gasteiger partial charge in [-0.1, -0.05) is 12.2 Å². The molecule has 0 amide bonds. The fourth-order valence-electron chi connectivity index (χ4n) is 3.91. The Hall–Kier alpha value is -2.00. The summed E-state index contributed by atoms with van der Waals surface area (Å²) >= 11 is 0. The van der Waals surface area contributed by atoms with Crippen LogP contribution in [0.25, 0.3) is 6.08 Å². The highest BCUT2D eigenvalue weighted by atomic mass is 16.7. The quantitative estimate of drug-likeness (QED) is 0.250. The highest BCUT2D eigenvalue weighted by Crippen LogP contribution is 2.41. The van der Waals surface area contributed by atoms with Gasteiger partial charge in [-0.3, -0.25) is 0 Å². The summed E-state index contributed by atoms with van der Waals surface area (Å²) in [7, 11) is 2.85. The largest absolute Gasteiger partial charge is 0.493 e. The van der Waals surface area contributed by atoms with E-state index >= 15 is 0 Å². The first-order valence-electron chi connectivity index (χ1n) is 11.2. The first-order chi connectivity index (χ1) is 16.6. The Morgan fingerprint density at radius 3 is 1.94 bits per heavy atom. The van der Waals surface area contributed by atoms with Crippen molar-refractivity contribution in [3.8, 4) is 17.2 Å². The predicted molar refractivity (Wildman–Crippen MR) is 120 cm³/mol. The summed E-state index contributed by atoms with van der Waals surface area (Å²) in [6, 6.07) is 3.36. The molecule has 10 atom stereocenters. The Labute approximate surface area is 202 Å². The van der Waals surface area contributed by atoms with E-state index in [-0.39, 0.29) is 17.2 Å². The molecule has 6 N–H and O–H groups in total. The van der Waals surface area contributed by atoms with Gasteiger partial charge in [0.05, 0.1) is 26.9 Å². The molecule has 0 spiro atoms. The SMILES string of the molecule is C/C=C/c1cc(OC)c(O[C@@H]2O[C@H](CO[C@@H]3O[C@@H](C)[C@H](O)[C@@H](O)[C@H]3O)[C@@H](O)[C@H](O)[C@H]2O)c(OC)c1. The van der Waals surface area contributed by atoms with Crippen LogP contribution in [-0.4, -0.2) is 113 Å². The van der Waals surface area contributed by atoms with Crippen LogP contribution in [0.15, 0.2) is 18.2 Å². The molecule has 2 heterocycles. The predicted octanol–water partition coefficient (Wildman–Crippen LogP) is -1.23. The Morgan fingerprint density at radius 2 is 1.37 bits per heavy atom. The third-order valence-corrected chi connectivity index (χ3v) is 5.98. The van der Waals surface area contributed by atoms with Crippen LogP contribution < -0.4 is 14.2 Å². The van der Waals surface area contributed by atoms with Gasteiger partial charge in [0.2, 0.25) is 12.0 Å². The van der Waals surface area contributed by atoms with Crippen molar-refractivity contribution in [3.05, 3.63) is 23.8 Å². The molecule has 1 aromatic carbocycles. The van der Waals surface area contributed by atoms with Crippen LogP contribution in [0.4, 0.5) is 0 Å². The van der Waals surface area contributed by atoms with Gasteiger partial charge in [0.15, 0.2) is 17.8 Å². The van der Waals surface area contributed by atoms with Crippen molar-refractivity contribution in [1.29, 1.82) is 0 Å². The van der Waals surface area contributed by atoms with Crippen LogP contribution in [0, 0.1) is 0 Å². The zero-order chi connectivity index (χ0) is 25.9. The van der Waals surface area contributed by atoms with Crippen LogP contribution in [-0.2, 0) is 14.2 Å². The fraction of sp³-hybridized carbons (Fsp3) is 0.652. The maximum Gasteiger partial charge on any atom is 0.229 e. The maximum absolute atomic E-state index is 10.5. The van der Waals surface area contributed by atoms with Crippen molar-refractivity contribution in [1.82, 2.24) is 0 Å². The Balaban J connectivity index is 1.76. The monoisotopic (exact) mass is 502 g/mol. The number of allylic oxidation sites excluding steroid dienone is 1. The van der Waals surface area contributed by atoms with E-state index in [1.807, 2.05) is 19.1 Å². The molecule has 198 valence electrons. The molecule has 0 radical (unpaired) electrons. The first kappa shape index (κ1) is 27.6. The molecular formula is C23H34O12. The third kappa shape index (κ3) is 5.88. The number of aliphatic hydroxyl groups excluding tert-OH is 6. The second-order valence-corrected chi connectivity index (χ2v) is 8.40. The van der Waals surface area contributed by atoms with E-state index < -0.39 is 68.0 Å². The summed E-state index contributed by atoms with van der Waals surface area (Å²) in [6.07, 6.45) is -10.4. The van der Waals surface area contributed by atoms with E-state index in [4.69, 9.17) is 28.4 Å². The highest BCUT2D eigenvalue weighted by molar-refractivity contribution is 5.62. The first-order valence-corrected chi connectivity index (χ1v) is 11.2. The minimum atomic E-state index is -1.66. The van der Waals surface area contributed by atoms with Crippen molar-refractivity contribution in [2.75, 3.05) is 20.8 Å². The van der Waals surface area contributed by atoms with E-state index in [0.29, 0.717) is 0 Å². The molecule has 0 bridgehead atoms. The van der Waals surface area contributed by atoms with Crippen LogP contribution in [0.2, 0.25) is 0 Å². The van der Waals surface area contributed by atoms with Gasteiger partial charge >= 0.3 is 0 Å². The molecule has 35 heavy (non-hydrogen) atoms. The molecule has 0 saturated carbocycles. The van der Waals surface area contributed by atoms with Crippen LogP contribution in [0.3, 0.4) is 0 Å². The van der Waals surface area contributed by atoms with Crippen molar-refractivity contribution in [2.24, 2.45) is 0 Å². The van der Waals surface area contributed by atoms with Gasteiger partial charge in [0, 0.05) is 0 Å². The molecule has 0 aromatic heterocycles. The number of rotatable bonds is 8. The Bertz CT molecular complexity index is 838. The van der Waals surface area contributed by atoms with Gasteiger partial charge in [-0.2, -0.15) is 0 Å². The highest BCUT2D eigenvalue weighted by Gasteiger charge is 2.47. The van der Waals surface area contributed by atoms with E-state index in [9.17, 15) is 30.6 Å². The molecule has 2 fully saturated rings. The van der Waals surface area contributed by atoms with E-state index in [1.54, 1.807) is 12.1 Å². The summed E-state index contributed by atoms with van der Waals surface area (Å²) < 4.78 is 33.1. The van der Waals surface area contributed by atoms with E-state index in [2.05, 4.69) is 0 Å². The molecular weight excluding hydrogens is 468 g/mol. The standard InChI is InChI=1S/C23H34O12/c1-5-6-11-7-12(30-3)21(13(8-11)31-4)35-23-20(29)18(27)16(25)14(34-23)9-32-22-19(28)17(26)15(24)10(2)33-22/h5-8,10,14-20,22-29H,9H2,1-4H3/b6-5+/t10-,14+,15-,16+,17+,18-,19+,20+,22+,23-/m0/s1. The van der Waals surface area contributed by atoms with E-state index in [0.717, 1.165) is 5.56 Å². The Morgan fingerprint density at radius 1 is 0.800 bits per heavy atom. The lowest BCUT2D eigenvalue weighted by Crippen LogP contribution is -2.61. The van der Waals surface area contributed by atoms with Gasteiger partial charge in [-0.25, -0.2) is 0 Å². The average Bonchev–Trinajstić information content (AvgIpc) is 2.85. The summed E-state index contributed by atoms with van der Waals surface area (Å²) in [5.74, 6) is 0.663. The molecule has 0 unspecified atom stereocenters. The van der Waals surface area contributed by atoms with Crippen molar-refractivity contribution >= 4 is 6.08 Å².